The molecule has 1 aromatic rings. The first-order valence-electron chi connectivity index (χ1n) is 6.43. The van der Waals surface area contributed by atoms with Crippen molar-refractivity contribution in [2.45, 2.75) is 6.92 Å². The molecule has 1 atom stereocenters. The Labute approximate surface area is 128 Å². The molecule has 1 unspecified atom stereocenters. The van der Waals surface area contributed by atoms with Crippen LogP contribution in [0.4, 0.5) is 10.5 Å². The average molecular weight is 312 g/mol. The molecule has 0 saturated carbocycles. The molecule has 0 heterocycles. The van der Waals surface area contributed by atoms with Crippen molar-refractivity contribution in [3.05, 3.63) is 23.8 Å². The maximum absolute atomic E-state index is 11.8. The number of methoxy groups -OCH3 is 1. The van der Waals surface area contributed by atoms with Crippen molar-refractivity contribution in [1.29, 1.82) is 0 Å². The van der Waals surface area contributed by atoms with Gasteiger partial charge in [0.15, 0.2) is 0 Å². The number of aromatic carboxylic acids is 1. The second-order valence-electron chi connectivity index (χ2n) is 4.61. The van der Waals surface area contributed by atoms with E-state index in [1.807, 2.05) is 13.2 Å². The van der Waals surface area contributed by atoms with E-state index in [-0.39, 0.29) is 11.3 Å². The molecule has 1 rings (SSSR count). The number of carbonyl (C=O) groups is 2. The van der Waals surface area contributed by atoms with Crippen LogP contribution >= 0.6 is 11.8 Å². The van der Waals surface area contributed by atoms with Crippen molar-refractivity contribution in [2.24, 2.45) is 5.92 Å². The summed E-state index contributed by atoms with van der Waals surface area (Å²) in [4.78, 5) is 23.0. The zero-order valence-corrected chi connectivity index (χ0v) is 13.1. The van der Waals surface area contributed by atoms with Gasteiger partial charge in [0.1, 0.15) is 5.75 Å². The minimum atomic E-state index is -1.13. The number of amides is 2. The van der Waals surface area contributed by atoms with Gasteiger partial charge in [-0.15, -0.1) is 0 Å². The Balaban J connectivity index is 2.69. The topological polar surface area (TPSA) is 87.7 Å². The number of hydrogen-bond acceptors (Lipinski definition) is 4. The highest BCUT2D eigenvalue weighted by molar-refractivity contribution is 7.98. The molecule has 21 heavy (non-hydrogen) atoms. The smallest absolute Gasteiger partial charge is 0.337 e. The molecule has 2 amide bonds. The number of carboxylic acids is 1. The van der Waals surface area contributed by atoms with Gasteiger partial charge in [-0.25, -0.2) is 9.59 Å². The maximum Gasteiger partial charge on any atom is 0.337 e. The van der Waals surface area contributed by atoms with Crippen LogP contribution in [0.2, 0.25) is 0 Å². The third-order valence-corrected chi connectivity index (χ3v) is 3.67. The number of nitrogens with one attached hydrogen (secondary N) is 2. The van der Waals surface area contributed by atoms with Crippen LogP contribution in [-0.2, 0) is 0 Å². The van der Waals surface area contributed by atoms with Gasteiger partial charge in [0.25, 0.3) is 0 Å². The van der Waals surface area contributed by atoms with Crippen molar-refractivity contribution in [3.63, 3.8) is 0 Å². The summed E-state index contributed by atoms with van der Waals surface area (Å²) in [6.07, 6.45) is 2.01. The zero-order valence-electron chi connectivity index (χ0n) is 12.3. The molecular formula is C14H20N2O4S. The Kier molecular flexibility index (Phi) is 6.87. The molecule has 116 valence electrons. The molecule has 3 N–H and O–H groups in total. The molecule has 6 nitrogen and oxygen atoms in total. The van der Waals surface area contributed by atoms with E-state index in [4.69, 9.17) is 9.84 Å². The molecule has 0 saturated heterocycles. The van der Waals surface area contributed by atoms with E-state index < -0.39 is 12.0 Å². The molecule has 0 aliphatic carbocycles. The molecule has 0 aliphatic rings. The number of carbonyl (C=O) groups excluding carboxylic acids is 1. The second kappa shape index (κ2) is 8.41. The first-order chi connectivity index (χ1) is 9.97. The summed E-state index contributed by atoms with van der Waals surface area (Å²) in [5, 5.41) is 14.4. The lowest BCUT2D eigenvalue weighted by Gasteiger charge is -2.13. The number of rotatable bonds is 7. The average Bonchev–Trinajstić information content (AvgIpc) is 2.45. The van der Waals surface area contributed by atoms with E-state index in [1.165, 1.54) is 19.2 Å². The predicted molar refractivity (Wildman–Crippen MR) is 84.5 cm³/mol. The SMILES string of the molecule is COc1ccc(NC(=O)NCC(C)CSC)c(C(=O)O)c1. The molecule has 0 aliphatic heterocycles. The fraction of sp³-hybridized carbons (Fsp3) is 0.429. The molecule has 0 aromatic heterocycles. The predicted octanol–water partition coefficient (Wildman–Crippen LogP) is 2.51. The number of anilines is 1. The van der Waals surface area contributed by atoms with Crippen LogP contribution in [0.15, 0.2) is 18.2 Å². The van der Waals surface area contributed by atoms with Gasteiger partial charge in [0.05, 0.1) is 18.4 Å². The number of hydrogen-bond donors (Lipinski definition) is 3. The van der Waals surface area contributed by atoms with Crippen molar-refractivity contribution in [1.82, 2.24) is 5.32 Å². The number of ether oxygens (including phenoxy) is 1. The lowest BCUT2D eigenvalue weighted by Crippen LogP contribution is -2.33. The monoisotopic (exact) mass is 312 g/mol. The summed E-state index contributed by atoms with van der Waals surface area (Å²) < 4.78 is 4.98. The first kappa shape index (κ1) is 17.2. The van der Waals surface area contributed by atoms with E-state index in [0.717, 1.165) is 5.75 Å². The minimum absolute atomic E-state index is 0.0123. The van der Waals surface area contributed by atoms with Crippen LogP contribution in [0.25, 0.3) is 0 Å². The zero-order chi connectivity index (χ0) is 15.8. The Hall–Kier alpha value is -1.89. The van der Waals surface area contributed by atoms with Gasteiger partial charge in [0.2, 0.25) is 0 Å². The van der Waals surface area contributed by atoms with Gasteiger partial charge in [-0.2, -0.15) is 11.8 Å². The van der Waals surface area contributed by atoms with Crippen LogP contribution in [-0.4, -0.2) is 42.8 Å². The fourth-order valence-electron chi connectivity index (χ4n) is 1.71. The summed E-state index contributed by atoms with van der Waals surface area (Å²) in [6, 6.07) is 4.05. The lowest BCUT2D eigenvalue weighted by molar-refractivity contribution is 0.0697. The number of benzene rings is 1. The van der Waals surface area contributed by atoms with Crippen LogP contribution < -0.4 is 15.4 Å². The largest absolute Gasteiger partial charge is 0.497 e. The number of carboxylic acid groups (broad SMARTS) is 1. The Morgan fingerprint density at radius 1 is 1.43 bits per heavy atom. The van der Waals surface area contributed by atoms with E-state index >= 15 is 0 Å². The summed E-state index contributed by atoms with van der Waals surface area (Å²) in [5.74, 6) is 0.593. The van der Waals surface area contributed by atoms with Crippen LogP contribution in [0.5, 0.6) is 5.75 Å². The van der Waals surface area contributed by atoms with Gasteiger partial charge in [-0.1, -0.05) is 6.92 Å². The van der Waals surface area contributed by atoms with E-state index in [9.17, 15) is 9.59 Å². The standard InChI is InChI=1S/C14H20N2O4S/c1-9(8-21-3)7-15-14(19)16-12-5-4-10(20-2)6-11(12)13(17)18/h4-6,9H,7-8H2,1-3H3,(H,17,18)(H2,15,16,19). The molecule has 7 heteroatoms. The van der Waals surface area contributed by atoms with Crippen LogP contribution in [0.1, 0.15) is 17.3 Å². The van der Waals surface area contributed by atoms with Crippen LogP contribution in [0.3, 0.4) is 0 Å². The van der Waals surface area contributed by atoms with E-state index in [0.29, 0.717) is 18.2 Å². The number of thioether (sulfide) groups is 1. The summed E-state index contributed by atoms with van der Waals surface area (Å²) in [5.41, 5.74) is 0.222. The van der Waals surface area contributed by atoms with Crippen molar-refractivity contribution >= 4 is 29.4 Å². The number of urea groups is 1. The summed E-state index contributed by atoms with van der Waals surface area (Å²) in [6.45, 7) is 2.57. The van der Waals surface area contributed by atoms with Gasteiger partial charge in [-0.3, -0.25) is 0 Å². The van der Waals surface area contributed by atoms with Crippen molar-refractivity contribution < 1.29 is 19.4 Å². The van der Waals surface area contributed by atoms with Gasteiger partial charge in [0, 0.05) is 6.54 Å². The summed E-state index contributed by atoms with van der Waals surface area (Å²) in [7, 11) is 1.45. The Morgan fingerprint density at radius 2 is 2.14 bits per heavy atom. The van der Waals surface area contributed by atoms with Crippen molar-refractivity contribution in [2.75, 3.05) is 31.0 Å². The third kappa shape index (κ3) is 5.55. The van der Waals surface area contributed by atoms with Gasteiger partial charge >= 0.3 is 12.0 Å². The molecule has 1 aromatic carbocycles. The Morgan fingerprint density at radius 3 is 2.71 bits per heavy atom. The van der Waals surface area contributed by atoms with Gasteiger partial charge in [-0.05, 0) is 36.1 Å². The highest BCUT2D eigenvalue weighted by Gasteiger charge is 2.14. The fourth-order valence-corrected chi connectivity index (χ4v) is 2.40. The molecular weight excluding hydrogens is 292 g/mol. The molecule has 0 fully saturated rings. The lowest BCUT2D eigenvalue weighted by atomic mass is 10.1. The van der Waals surface area contributed by atoms with Crippen molar-refractivity contribution in [3.8, 4) is 5.75 Å². The second-order valence-corrected chi connectivity index (χ2v) is 5.52. The van der Waals surface area contributed by atoms with E-state index in [1.54, 1.807) is 17.8 Å². The van der Waals surface area contributed by atoms with E-state index in [2.05, 4.69) is 10.6 Å². The highest BCUT2D eigenvalue weighted by Crippen LogP contribution is 2.22. The quantitative estimate of drug-likeness (QED) is 0.720. The third-order valence-electron chi connectivity index (χ3n) is 2.77. The minimum Gasteiger partial charge on any atom is -0.497 e. The molecule has 0 bridgehead atoms. The highest BCUT2D eigenvalue weighted by atomic mass is 32.2. The molecule has 0 radical (unpaired) electrons. The Bertz CT molecular complexity index is 508. The normalized spacial score (nSPS) is 11.6. The van der Waals surface area contributed by atoms with Crippen LogP contribution in [0, 0.1) is 5.92 Å². The summed E-state index contributed by atoms with van der Waals surface area (Å²) >= 11 is 1.71. The maximum atomic E-state index is 11.8. The molecule has 0 spiro atoms. The first-order valence-corrected chi connectivity index (χ1v) is 7.82. The van der Waals surface area contributed by atoms with Gasteiger partial charge < -0.3 is 20.5 Å².